The minimum Gasteiger partial charge on any atom is -0.475 e. The second-order valence-electron chi connectivity index (χ2n) is 4.96. The lowest BCUT2D eigenvalue weighted by Gasteiger charge is -2.03. The van der Waals surface area contributed by atoms with Gasteiger partial charge in [-0.3, -0.25) is 9.59 Å². The third kappa shape index (κ3) is 2.86. The second-order valence-corrected chi connectivity index (χ2v) is 5.87. The van der Waals surface area contributed by atoms with E-state index in [0.29, 0.717) is 21.4 Å². The van der Waals surface area contributed by atoms with Crippen LogP contribution in [0.25, 0.3) is 11.0 Å². The van der Waals surface area contributed by atoms with E-state index >= 15 is 0 Å². The Bertz CT molecular complexity index is 956. The number of amides is 2. The molecule has 0 bridgehead atoms. The van der Waals surface area contributed by atoms with E-state index in [9.17, 15) is 19.5 Å². The van der Waals surface area contributed by atoms with Gasteiger partial charge in [0.15, 0.2) is 0 Å². The third-order valence-electron chi connectivity index (χ3n) is 3.43. The number of rotatable bonds is 5. The van der Waals surface area contributed by atoms with Gasteiger partial charge in [0.25, 0.3) is 5.91 Å². The SMILES string of the molecule is NC(=O)c1csc(C(=O)NCc2c(C(=O)O)oc3ccccc23)c1. The summed E-state index contributed by atoms with van der Waals surface area (Å²) < 4.78 is 5.32. The molecule has 0 radical (unpaired) electrons. The van der Waals surface area contributed by atoms with Gasteiger partial charge in [-0.25, -0.2) is 4.79 Å². The summed E-state index contributed by atoms with van der Waals surface area (Å²) in [4.78, 5) is 34.9. The Labute approximate surface area is 139 Å². The van der Waals surface area contributed by atoms with Crippen molar-refractivity contribution in [1.29, 1.82) is 0 Å². The summed E-state index contributed by atoms with van der Waals surface area (Å²) in [5.74, 6) is -2.45. The van der Waals surface area contributed by atoms with E-state index in [0.717, 1.165) is 11.3 Å². The van der Waals surface area contributed by atoms with Crippen LogP contribution in [0.5, 0.6) is 0 Å². The standard InChI is InChI=1S/C16H12N2O5S/c17-14(19)8-5-12(24-7-8)15(20)18-6-10-9-3-1-2-4-11(9)23-13(10)16(21)22/h1-5,7H,6H2,(H2,17,19)(H,18,20)(H,21,22). The van der Waals surface area contributed by atoms with Crippen molar-refractivity contribution in [2.24, 2.45) is 5.73 Å². The number of furan rings is 1. The van der Waals surface area contributed by atoms with Gasteiger partial charge in [0.05, 0.1) is 10.4 Å². The highest BCUT2D eigenvalue weighted by Gasteiger charge is 2.20. The van der Waals surface area contributed by atoms with E-state index in [2.05, 4.69) is 5.32 Å². The van der Waals surface area contributed by atoms with Gasteiger partial charge in [-0.1, -0.05) is 18.2 Å². The maximum absolute atomic E-state index is 12.2. The number of thiophene rings is 1. The summed E-state index contributed by atoms with van der Waals surface area (Å²) in [5.41, 5.74) is 6.23. The number of aromatic carboxylic acids is 1. The topological polar surface area (TPSA) is 123 Å². The van der Waals surface area contributed by atoms with Gasteiger partial charge in [-0.05, 0) is 12.1 Å². The number of carbonyl (C=O) groups is 3. The molecule has 24 heavy (non-hydrogen) atoms. The number of hydrogen-bond donors (Lipinski definition) is 3. The van der Waals surface area contributed by atoms with Gasteiger partial charge in [-0.15, -0.1) is 11.3 Å². The fourth-order valence-electron chi connectivity index (χ4n) is 2.29. The molecule has 0 unspecified atom stereocenters. The largest absolute Gasteiger partial charge is 0.475 e. The molecule has 8 heteroatoms. The summed E-state index contributed by atoms with van der Waals surface area (Å²) in [6.45, 7) is -0.0126. The molecule has 1 aromatic carbocycles. The molecule has 0 fully saturated rings. The highest BCUT2D eigenvalue weighted by molar-refractivity contribution is 7.12. The maximum atomic E-state index is 12.2. The number of carboxylic acids is 1. The fourth-order valence-corrected chi connectivity index (χ4v) is 3.10. The van der Waals surface area contributed by atoms with E-state index < -0.39 is 17.8 Å². The minimum absolute atomic E-state index is 0.0126. The van der Waals surface area contributed by atoms with Crippen molar-refractivity contribution in [2.45, 2.75) is 6.54 Å². The minimum atomic E-state index is -1.21. The van der Waals surface area contributed by atoms with Crippen LogP contribution >= 0.6 is 11.3 Å². The monoisotopic (exact) mass is 344 g/mol. The van der Waals surface area contributed by atoms with Crippen LogP contribution in [-0.4, -0.2) is 22.9 Å². The Kier molecular flexibility index (Phi) is 4.05. The number of carbonyl (C=O) groups excluding carboxylic acids is 2. The normalized spacial score (nSPS) is 10.7. The number of primary amides is 1. The van der Waals surface area contributed by atoms with Gasteiger partial charge in [0.1, 0.15) is 5.58 Å². The van der Waals surface area contributed by atoms with E-state index in [4.69, 9.17) is 10.2 Å². The summed E-state index contributed by atoms with van der Waals surface area (Å²) in [6, 6.07) is 8.27. The number of fused-ring (bicyclic) bond motifs is 1. The van der Waals surface area contributed by atoms with Crippen LogP contribution < -0.4 is 11.1 Å². The van der Waals surface area contributed by atoms with E-state index in [-0.39, 0.29) is 17.9 Å². The van der Waals surface area contributed by atoms with Crippen molar-refractivity contribution in [3.63, 3.8) is 0 Å². The zero-order chi connectivity index (χ0) is 17.3. The molecule has 0 aliphatic rings. The Morgan fingerprint density at radius 3 is 2.67 bits per heavy atom. The first-order valence-electron chi connectivity index (χ1n) is 6.87. The number of nitrogens with one attached hydrogen (secondary N) is 1. The Hall–Kier alpha value is -3.13. The molecule has 0 atom stereocenters. The molecule has 3 rings (SSSR count). The first-order valence-corrected chi connectivity index (χ1v) is 7.75. The predicted molar refractivity (Wildman–Crippen MR) is 87.2 cm³/mol. The Balaban J connectivity index is 1.84. The molecule has 2 heterocycles. The molecule has 0 spiro atoms. The van der Waals surface area contributed by atoms with Crippen LogP contribution in [0.15, 0.2) is 40.1 Å². The van der Waals surface area contributed by atoms with Crippen molar-refractivity contribution in [2.75, 3.05) is 0 Å². The molecular weight excluding hydrogens is 332 g/mol. The molecule has 0 saturated heterocycles. The summed E-state index contributed by atoms with van der Waals surface area (Å²) in [5, 5.41) is 14.0. The molecule has 3 aromatic rings. The van der Waals surface area contributed by atoms with Gasteiger partial charge < -0.3 is 20.6 Å². The van der Waals surface area contributed by atoms with Crippen LogP contribution in [0.3, 0.4) is 0 Å². The molecule has 122 valence electrons. The molecular formula is C16H12N2O5S. The van der Waals surface area contributed by atoms with Crippen LogP contribution in [0.1, 0.15) is 36.1 Å². The van der Waals surface area contributed by atoms with Crippen molar-refractivity contribution >= 4 is 40.1 Å². The molecule has 4 N–H and O–H groups in total. The Morgan fingerprint density at radius 1 is 1.25 bits per heavy atom. The highest BCUT2D eigenvalue weighted by Crippen LogP contribution is 2.26. The van der Waals surface area contributed by atoms with E-state index in [1.54, 1.807) is 24.3 Å². The summed E-state index contributed by atoms with van der Waals surface area (Å²) in [6.07, 6.45) is 0. The van der Waals surface area contributed by atoms with Gasteiger partial charge in [0.2, 0.25) is 11.7 Å². The van der Waals surface area contributed by atoms with Crippen LogP contribution in [0.4, 0.5) is 0 Å². The summed E-state index contributed by atoms with van der Waals surface area (Å²) >= 11 is 1.08. The number of para-hydroxylation sites is 1. The molecule has 0 saturated carbocycles. The van der Waals surface area contributed by atoms with Gasteiger partial charge >= 0.3 is 5.97 Å². The molecule has 0 aliphatic heterocycles. The number of benzene rings is 1. The van der Waals surface area contributed by atoms with Crippen LogP contribution in [-0.2, 0) is 6.54 Å². The summed E-state index contributed by atoms with van der Waals surface area (Å²) in [7, 11) is 0. The zero-order valence-electron chi connectivity index (χ0n) is 12.2. The lowest BCUT2D eigenvalue weighted by Crippen LogP contribution is -2.22. The van der Waals surface area contributed by atoms with Gasteiger partial charge in [0, 0.05) is 22.9 Å². The lowest BCUT2D eigenvalue weighted by molar-refractivity contribution is 0.0661. The van der Waals surface area contributed by atoms with Crippen molar-refractivity contribution in [3.8, 4) is 0 Å². The quantitative estimate of drug-likeness (QED) is 0.655. The fraction of sp³-hybridized carbons (Fsp3) is 0.0625. The highest BCUT2D eigenvalue weighted by atomic mass is 32.1. The molecule has 7 nitrogen and oxygen atoms in total. The zero-order valence-corrected chi connectivity index (χ0v) is 13.1. The van der Waals surface area contributed by atoms with Gasteiger partial charge in [-0.2, -0.15) is 0 Å². The van der Waals surface area contributed by atoms with E-state index in [1.165, 1.54) is 11.4 Å². The van der Waals surface area contributed by atoms with Crippen LogP contribution in [0.2, 0.25) is 0 Å². The number of hydrogen-bond acceptors (Lipinski definition) is 5. The first-order chi connectivity index (χ1) is 11.5. The smallest absolute Gasteiger partial charge is 0.372 e. The molecule has 0 aliphatic carbocycles. The van der Waals surface area contributed by atoms with Crippen LogP contribution in [0, 0.1) is 0 Å². The van der Waals surface area contributed by atoms with E-state index in [1.807, 2.05) is 0 Å². The number of nitrogens with two attached hydrogens (primary N) is 1. The maximum Gasteiger partial charge on any atom is 0.372 e. The lowest BCUT2D eigenvalue weighted by atomic mass is 10.1. The van der Waals surface area contributed by atoms with Crippen molar-refractivity contribution < 1.29 is 23.9 Å². The Morgan fingerprint density at radius 2 is 2.00 bits per heavy atom. The average molecular weight is 344 g/mol. The third-order valence-corrected chi connectivity index (χ3v) is 4.35. The molecule has 2 amide bonds. The first kappa shape index (κ1) is 15.8. The van der Waals surface area contributed by atoms with Crippen molar-refractivity contribution in [3.05, 3.63) is 57.5 Å². The predicted octanol–water partition coefficient (Wildman–Crippen LogP) is 2.22. The average Bonchev–Trinajstić information content (AvgIpc) is 3.17. The van der Waals surface area contributed by atoms with Crippen molar-refractivity contribution in [1.82, 2.24) is 5.32 Å². The second kappa shape index (κ2) is 6.17. The molecule has 2 aromatic heterocycles. The number of carboxylic acid groups (broad SMARTS) is 1.